The fourth-order valence-corrected chi connectivity index (χ4v) is 0.909. The lowest BCUT2D eigenvalue weighted by molar-refractivity contribution is -0.00243. The van der Waals surface area contributed by atoms with Crippen LogP contribution in [0.25, 0.3) is 0 Å². The van der Waals surface area contributed by atoms with Gasteiger partial charge >= 0.3 is 6.09 Å². The van der Waals surface area contributed by atoms with E-state index in [0.717, 1.165) is 0 Å². The van der Waals surface area contributed by atoms with E-state index >= 15 is 0 Å². The average molecular weight is 231 g/mol. The van der Waals surface area contributed by atoms with Crippen molar-refractivity contribution in [2.45, 2.75) is 12.5 Å². The van der Waals surface area contributed by atoms with Crippen LogP contribution in [0.5, 0.6) is 5.75 Å². The van der Waals surface area contributed by atoms with Gasteiger partial charge in [-0.1, -0.05) is 18.2 Å². The van der Waals surface area contributed by atoms with E-state index in [-0.39, 0.29) is 0 Å². The number of alkyl halides is 2. The summed E-state index contributed by atoms with van der Waals surface area (Å²) in [5, 5.41) is 10.7. The van der Waals surface area contributed by atoms with Crippen molar-refractivity contribution in [1.29, 1.82) is 0 Å². The first-order valence-electron chi connectivity index (χ1n) is 4.56. The third-order valence-electron chi connectivity index (χ3n) is 1.70. The normalized spacial score (nSPS) is 12.2. The van der Waals surface area contributed by atoms with Crippen molar-refractivity contribution >= 4 is 6.09 Å². The lowest BCUT2D eigenvalue weighted by Crippen LogP contribution is -2.37. The molecule has 4 nitrogen and oxygen atoms in total. The maximum atomic E-state index is 11.9. The van der Waals surface area contributed by atoms with Crippen molar-refractivity contribution in [3.63, 3.8) is 0 Å². The Kier molecular flexibility index (Phi) is 4.65. The Morgan fingerprint density at radius 3 is 2.56 bits per heavy atom. The summed E-state index contributed by atoms with van der Waals surface area (Å²) in [5.74, 6) is 0.298. The zero-order valence-corrected chi connectivity index (χ0v) is 8.27. The second-order valence-corrected chi connectivity index (χ2v) is 2.99. The minimum absolute atomic E-state index is 0.298. The molecule has 0 aliphatic heterocycles. The molecule has 1 unspecified atom stereocenters. The molecule has 0 saturated heterocycles. The molecule has 0 aromatic heterocycles. The van der Waals surface area contributed by atoms with Gasteiger partial charge < -0.3 is 15.2 Å². The van der Waals surface area contributed by atoms with Crippen molar-refractivity contribution < 1.29 is 23.4 Å². The average Bonchev–Trinajstić information content (AvgIpc) is 2.27. The predicted molar refractivity (Wildman–Crippen MR) is 52.5 cm³/mol. The molecule has 0 aliphatic rings. The molecule has 0 aliphatic carbocycles. The van der Waals surface area contributed by atoms with Gasteiger partial charge in [0, 0.05) is 0 Å². The third-order valence-corrected chi connectivity index (χ3v) is 1.70. The number of para-hydroxylation sites is 1. The monoisotopic (exact) mass is 231 g/mol. The summed E-state index contributed by atoms with van der Waals surface area (Å²) < 4.78 is 28.5. The van der Waals surface area contributed by atoms with Gasteiger partial charge in [-0.3, -0.25) is 0 Å². The lowest BCUT2D eigenvalue weighted by Gasteiger charge is -2.10. The Bertz CT molecular complexity index is 332. The SMILES string of the molecule is O=C(NCC(O)C(F)F)Oc1ccccc1. The first-order valence-corrected chi connectivity index (χ1v) is 4.56. The molecular formula is C10H11F2NO3. The van der Waals surface area contributed by atoms with E-state index in [1.165, 1.54) is 0 Å². The van der Waals surface area contributed by atoms with Crippen molar-refractivity contribution in [3.8, 4) is 5.75 Å². The number of nitrogens with one attached hydrogen (secondary N) is 1. The molecule has 1 atom stereocenters. The quantitative estimate of drug-likeness (QED) is 0.823. The zero-order valence-electron chi connectivity index (χ0n) is 8.27. The molecule has 0 radical (unpaired) electrons. The van der Waals surface area contributed by atoms with Crippen LogP contribution >= 0.6 is 0 Å². The number of aliphatic hydroxyl groups excluding tert-OH is 1. The van der Waals surface area contributed by atoms with Gasteiger partial charge in [-0.15, -0.1) is 0 Å². The lowest BCUT2D eigenvalue weighted by atomic mass is 10.3. The number of carbonyl (C=O) groups is 1. The summed E-state index contributed by atoms with van der Waals surface area (Å²) in [5.41, 5.74) is 0. The van der Waals surface area contributed by atoms with Gasteiger partial charge in [0.1, 0.15) is 11.9 Å². The van der Waals surface area contributed by atoms with Crippen LogP contribution in [0.3, 0.4) is 0 Å². The van der Waals surface area contributed by atoms with Crippen molar-refractivity contribution in [3.05, 3.63) is 30.3 Å². The van der Waals surface area contributed by atoms with Crippen LogP contribution in [-0.2, 0) is 0 Å². The molecule has 88 valence electrons. The molecule has 16 heavy (non-hydrogen) atoms. The summed E-state index contributed by atoms with van der Waals surface area (Å²) in [6.45, 7) is -0.552. The Morgan fingerprint density at radius 1 is 1.38 bits per heavy atom. The van der Waals surface area contributed by atoms with E-state index < -0.39 is 25.2 Å². The van der Waals surface area contributed by atoms with Gasteiger partial charge in [0.2, 0.25) is 0 Å². The predicted octanol–water partition coefficient (Wildman–Crippen LogP) is 1.40. The van der Waals surface area contributed by atoms with E-state index in [4.69, 9.17) is 9.84 Å². The van der Waals surface area contributed by atoms with Crippen molar-refractivity contribution in [2.75, 3.05) is 6.54 Å². The standard InChI is InChI=1S/C10H11F2NO3/c11-9(12)8(14)6-13-10(15)16-7-4-2-1-3-5-7/h1-5,8-9,14H,6H2,(H,13,15). The highest BCUT2D eigenvalue weighted by Crippen LogP contribution is 2.08. The molecular weight excluding hydrogens is 220 g/mol. The van der Waals surface area contributed by atoms with Crippen molar-refractivity contribution in [2.24, 2.45) is 0 Å². The number of carbonyl (C=O) groups excluding carboxylic acids is 1. The molecule has 1 amide bonds. The van der Waals surface area contributed by atoms with E-state index in [1.54, 1.807) is 30.3 Å². The second-order valence-electron chi connectivity index (χ2n) is 2.99. The number of halogens is 2. The summed E-state index contributed by atoms with van der Waals surface area (Å²) in [7, 11) is 0. The number of hydrogen-bond acceptors (Lipinski definition) is 3. The fraction of sp³-hybridized carbons (Fsp3) is 0.300. The highest BCUT2D eigenvalue weighted by Gasteiger charge is 2.17. The third kappa shape index (κ3) is 4.22. The van der Waals surface area contributed by atoms with Crippen LogP contribution in [-0.4, -0.2) is 30.3 Å². The van der Waals surface area contributed by atoms with Gasteiger partial charge in [0.05, 0.1) is 6.54 Å². The minimum atomic E-state index is -2.89. The molecule has 1 rings (SSSR count). The minimum Gasteiger partial charge on any atom is -0.410 e. The van der Waals surface area contributed by atoms with E-state index in [9.17, 15) is 13.6 Å². The van der Waals surface area contributed by atoms with Crippen LogP contribution in [0.1, 0.15) is 0 Å². The molecule has 2 N–H and O–H groups in total. The van der Waals surface area contributed by atoms with E-state index in [2.05, 4.69) is 0 Å². The van der Waals surface area contributed by atoms with Crippen LogP contribution < -0.4 is 10.1 Å². The topological polar surface area (TPSA) is 58.6 Å². The van der Waals surface area contributed by atoms with Gasteiger partial charge in [-0.05, 0) is 12.1 Å². The van der Waals surface area contributed by atoms with E-state index in [0.29, 0.717) is 5.75 Å². The first-order chi connectivity index (χ1) is 7.59. The zero-order chi connectivity index (χ0) is 12.0. The number of benzene rings is 1. The Hall–Kier alpha value is -1.69. The molecule has 0 heterocycles. The molecule has 0 bridgehead atoms. The van der Waals surface area contributed by atoms with Crippen LogP contribution in [0.4, 0.5) is 13.6 Å². The second kappa shape index (κ2) is 6.02. The van der Waals surface area contributed by atoms with E-state index in [1.807, 2.05) is 5.32 Å². The van der Waals surface area contributed by atoms with Gasteiger partial charge in [-0.2, -0.15) is 0 Å². The van der Waals surface area contributed by atoms with Gasteiger partial charge in [0.25, 0.3) is 6.43 Å². The first kappa shape index (κ1) is 12.4. The number of amides is 1. The Morgan fingerprint density at radius 2 is 2.00 bits per heavy atom. The smallest absolute Gasteiger partial charge is 0.410 e. The summed E-state index contributed by atoms with van der Waals surface area (Å²) in [6.07, 6.45) is -5.66. The Labute approximate surface area is 90.8 Å². The maximum Gasteiger partial charge on any atom is 0.412 e. The molecule has 1 aromatic carbocycles. The highest BCUT2D eigenvalue weighted by molar-refractivity contribution is 5.70. The molecule has 0 saturated carbocycles. The Balaban J connectivity index is 2.32. The van der Waals surface area contributed by atoms with Crippen LogP contribution in [0.15, 0.2) is 30.3 Å². The fourth-order valence-electron chi connectivity index (χ4n) is 0.909. The van der Waals surface area contributed by atoms with Gasteiger partial charge in [-0.25, -0.2) is 13.6 Å². The molecule has 6 heteroatoms. The van der Waals surface area contributed by atoms with Crippen LogP contribution in [0, 0.1) is 0 Å². The number of aliphatic hydroxyl groups is 1. The highest BCUT2D eigenvalue weighted by atomic mass is 19.3. The number of ether oxygens (including phenoxy) is 1. The maximum absolute atomic E-state index is 11.9. The van der Waals surface area contributed by atoms with Crippen molar-refractivity contribution in [1.82, 2.24) is 5.32 Å². The van der Waals surface area contributed by atoms with Gasteiger partial charge in [0.15, 0.2) is 0 Å². The molecule has 0 fully saturated rings. The molecule has 1 aromatic rings. The summed E-state index contributed by atoms with van der Waals surface area (Å²) >= 11 is 0. The summed E-state index contributed by atoms with van der Waals surface area (Å²) in [6, 6.07) is 8.16. The summed E-state index contributed by atoms with van der Waals surface area (Å²) in [4.78, 5) is 11.1. The number of hydrogen-bond donors (Lipinski definition) is 2. The van der Waals surface area contributed by atoms with Crippen LogP contribution in [0.2, 0.25) is 0 Å². The molecule has 0 spiro atoms. The largest absolute Gasteiger partial charge is 0.412 e. The number of rotatable bonds is 4.